The number of methoxy groups -OCH3 is 1. The molecule has 1 saturated heterocycles. The number of β-lactam (4-membered cyclic amide) rings is 1. The van der Waals surface area contributed by atoms with E-state index in [2.05, 4.69) is 4.74 Å². The molecule has 0 radical (unpaired) electrons. The highest BCUT2D eigenvalue weighted by Gasteiger charge is 2.61. The van der Waals surface area contributed by atoms with E-state index in [9.17, 15) is 13.2 Å². The fourth-order valence-electron chi connectivity index (χ4n) is 1.60. The Hall–Kier alpha value is -1.43. The zero-order chi connectivity index (χ0) is 17.2. The highest BCUT2D eigenvalue weighted by Crippen LogP contribution is 2.31. The molecule has 0 spiro atoms. The van der Waals surface area contributed by atoms with Crippen LogP contribution in [0, 0.1) is 5.41 Å². The lowest BCUT2D eigenvalue weighted by Crippen LogP contribution is -2.79. The quantitative estimate of drug-likeness (QED) is 0.181. The summed E-state index contributed by atoms with van der Waals surface area (Å²) in [6, 6.07) is -0.903. The van der Waals surface area contributed by atoms with Crippen LogP contribution in [0.5, 0.6) is 0 Å². The zero-order valence-electron chi connectivity index (χ0n) is 13.0. The molecule has 1 aliphatic rings. The molecule has 1 rings (SSSR count). The minimum absolute atomic E-state index is 0.274. The van der Waals surface area contributed by atoms with E-state index in [1.54, 1.807) is 9.80 Å². The van der Waals surface area contributed by atoms with Crippen LogP contribution in [0.1, 0.15) is 6.92 Å². The zero-order valence-corrected chi connectivity index (χ0v) is 13.8. The third-order valence-electron chi connectivity index (χ3n) is 2.94. The molecule has 124 valence electrons. The Morgan fingerprint density at radius 3 is 1.90 bits per heavy atom. The fourth-order valence-corrected chi connectivity index (χ4v) is 2.51. The number of guanidine groups is 1. The summed E-state index contributed by atoms with van der Waals surface area (Å²) < 4.78 is 34.7. The molecule has 0 aliphatic carbocycles. The van der Waals surface area contributed by atoms with Crippen molar-refractivity contribution in [3.05, 3.63) is 0 Å². The van der Waals surface area contributed by atoms with Crippen LogP contribution in [0.4, 0.5) is 0 Å². The van der Waals surface area contributed by atoms with Gasteiger partial charge in [0.05, 0.1) is 6.04 Å². The molecule has 1 fully saturated rings. The van der Waals surface area contributed by atoms with Gasteiger partial charge >= 0.3 is 10.3 Å². The molecule has 2 atom stereocenters. The molecule has 11 heteroatoms. The number of rotatable bonds is 2. The van der Waals surface area contributed by atoms with Crippen LogP contribution in [0.15, 0.2) is 0 Å². The third kappa shape index (κ3) is 4.03. The summed E-state index contributed by atoms with van der Waals surface area (Å²) in [7, 11) is 4.07. The standard InChI is InChI=1S/C5H13N3.C5H10N2O5S/c1-7(2)5(6)8(3)4;1-3-5(6,12-2)4(8)7(3)13(9,10)11/h6H,1-4H3;3H,6H2,1-2H3,(H,9,10,11). The van der Waals surface area contributed by atoms with Crippen LogP contribution in [-0.4, -0.2) is 86.0 Å². The largest absolute Gasteiger partial charge is 0.362 e. The number of amides is 1. The molecule has 21 heavy (non-hydrogen) atoms. The van der Waals surface area contributed by atoms with E-state index in [-0.39, 0.29) is 4.31 Å². The van der Waals surface area contributed by atoms with Crippen molar-refractivity contribution in [3.63, 3.8) is 0 Å². The van der Waals surface area contributed by atoms with Crippen LogP contribution in [0.3, 0.4) is 0 Å². The van der Waals surface area contributed by atoms with E-state index < -0.39 is 28.0 Å². The van der Waals surface area contributed by atoms with Crippen molar-refractivity contribution in [2.24, 2.45) is 5.73 Å². The monoisotopic (exact) mass is 325 g/mol. The number of carbonyl (C=O) groups excluding carboxylic acids is 1. The van der Waals surface area contributed by atoms with Crippen LogP contribution in [0.2, 0.25) is 0 Å². The second-order valence-electron chi connectivity index (χ2n) is 4.86. The second kappa shape index (κ2) is 6.56. The summed E-state index contributed by atoms with van der Waals surface area (Å²) in [6.45, 7) is 1.36. The van der Waals surface area contributed by atoms with E-state index in [0.29, 0.717) is 5.96 Å². The second-order valence-corrected chi connectivity index (χ2v) is 6.15. The summed E-state index contributed by atoms with van der Waals surface area (Å²) in [5.74, 6) is -0.449. The van der Waals surface area contributed by atoms with Gasteiger partial charge in [0.15, 0.2) is 5.96 Å². The molecule has 1 amide bonds. The predicted octanol–water partition coefficient (Wildman–Crippen LogP) is -1.63. The molecule has 0 aromatic carbocycles. The summed E-state index contributed by atoms with van der Waals surface area (Å²) >= 11 is 0. The minimum Gasteiger partial charge on any atom is -0.353 e. The molecular formula is C10H23N5O5S. The first kappa shape index (κ1) is 19.6. The number of hydrogen-bond acceptors (Lipinski definition) is 6. The molecule has 0 aromatic rings. The first-order chi connectivity index (χ1) is 9.30. The average Bonchev–Trinajstić information content (AvgIpc) is 2.35. The Morgan fingerprint density at radius 1 is 1.38 bits per heavy atom. The maximum Gasteiger partial charge on any atom is 0.362 e. The Labute approximate surface area is 124 Å². The van der Waals surface area contributed by atoms with Gasteiger partial charge in [0, 0.05) is 35.3 Å². The first-order valence-electron chi connectivity index (χ1n) is 5.89. The number of hydrogen-bond donors (Lipinski definition) is 3. The smallest absolute Gasteiger partial charge is 0.353 e. The van der Waals surface area contributed by atoms with Crippen molar-refractivity contribution >= 4 is 22.2 Å². The van der Waals surface area contributed by atoms with Crippen molar-refractivity contribution in [1.29, 1.82) is 5.41 Å². The number of nitrogens with two attached hydrogens (primary N) is 1. The van der Waals surface area contributed by atoms with E-state index in [1.165, 1.54) is 14.0 Å². The first-order valence-corrected chi connectivity index (χ1v) is 7.28. The number of nitrogens with zero attached hydrogens (tertiary/aromatic N) is 3. The van der Waals surface area contributed by atoms with Crippen molar-refractivity contribution in [2.45, 2.75) is 18.7 Å². The van der Waals surface area contributed by atoms with Gasteiger partial charge in [-0.15, -0.1) is 0 Å². The van der Waals surface area contributed by atoms with Gasteiger partial charge in [0.1, 0.15) is 0 Å². The Balaban J connectivity index is 0.000000433. The normalized spacial score (nSPS) is 24.7. The topological polar surface area (TPSA) is 140 Å². The Bertz CT molecular complexity index is 496. The van der Waals surface area contributed by atoms with Crippen LogP contribution >= 0.6 is 0 Å². The number of nitrogens with one attached hydrogen (secondary N) is 1. The van der Waals surface area contributed by atoms with Crippen LogP contribution in [-0.2, 0) is 19.8 Å². The van der Waals surface area contributed by atoms with Crippen molar-refractivity contribution in [1.82, 2.24) is 14.1 Å². The van der Waals surface area contributed by atoms with Crippen molar-refractivity contribution < 1.29 is 22.5 Å². The van der Waals surface area contributed by atoms with Gasteiger partial charge < -0.3 is 14.5 Å². The lowest BCUT2D eigenvalue weighted by molar-refractivity contribution is -0.181. The highest BCUT2D eigenvalue weighted by atomic mass is 32.2. The Morgan fingerprint density at radius 2 is 1.76 bits per heavy atom. The Kier molecular flexibility index (Phi) is 6.11. The molecule has 1 heterocycles. The van der Waals surface area contributed by atoms with Gasteiger partial charge in [-0.1, -0.05) is 0 Å². The van der Waals surface area contributed by atoms with E-state index in [0.717, 1.165) is 0 Å². The van der Waals surface area contributed by atoms with Gasteiger partial charge in [0.25, 0.3) is 5.91 Å². The summed E-state index contributed by atoms with van der Waals surface area (Å²) in [6.07, 6.45) is 0. The SMILES string of the molecule is CN(C)C(=N)N(C)C.COC1(N)C(=O)N(S(=O)(=O)O)C1C. The number of carbonyl (C=O) groups is 1. The third-order valence-corrected chi connectivity index (χ3v) is 3.92. The average molecular weight is 325 g/mol. The molecule has 0 aromatic heterocycles. The molecule has 0 bridgehead atoms. The summed E-state index contributed by atoms with van der Waals surface area (Å²) in [4.78, 5) is 14.6. The summed E-state index contributed by atoms with van der Waals surface area (Å²) in [5, 5.41) is 7.25. The number of ether oxygens (including phenoxy) is 1. The van der Waals surface area contributed by atoms with Gasteiger partial charge in [0.2, 0.25) is 5.72 Å². The van der Waals surface area contributed by atoms with Gasteiger partial charge in [-0.05, 0) is 6.92 Å². The highest BCUT2D eigenvalue weighted by molar-refractivity contribution is 7.84. The molecule has 2 unspecified atom stereocenters. The van der Waals surface area contributed by atoms with E-state index in [4.69, 9.17) is 15.7 Å². The molecule has 4 N–H and O–H groups in total. The van der Waals surface area contributed by atoms with Crippen LogP contribution < -0.4 is 5.73 Å². The summed E-state index contributed by atoms with van der Waals surface area (Å²) in [5.41, 5.74) is 3.74. The van der Waals surface area contributed by atoms with E-state index in [1.807, 2.05) is 28.2 Å². The van der Waals surface area contributed by atoms with Crippen LogP contribution in [0.25, 0.3) is 0 Å². The molecule has 10 nitrogen and oxygen atoms in total. The maximum absolute atomic E-state index is 11.1. The van der Waals surface area contributed by atoms with Gasteiger partial charge in [-0.25, -0.2) is 4.31 Å². The van der Waals surface area contributed by atoms with E-state index >= 15 is 0 Å². The van der Waals surface area contributed by atoms with Gasteiger partial charge in [-0.3, -0.25) is 20.5 Å². The lowest BCUT2D eigenvalue weighted by atomic mass is 9.97. The minimum atomic E-state index is -4.52. The maximum atomic E-state index is 11.1. The van der Waals surface area contributed by atoms with Gasteiger partial charge in [-0.2, -0.15) is 8.42 Å². The van der Waals surface area contributed by atoms with Crippen molar-refractivity contribution in [2.75, 3.05) is 35.3 Å². The predicted molar refractivity (Wildman–Crippen MR) is 76.9 cm³/mol. The lowest BCUT2D eigenvalue weighted by Gasteiger charge is -2.48. The molecule has 0 saturated carbocycles. The fraction of sp³-hybridized carbons (Fsp3) is 0.800. The molecular weight excluding hydrogens is 302 g/mol. The molecule has 1 aliphatic heterocycles. The van der Waals surface area contributed by atoms with Crippen molar-refractivity contribution in [3.8, 4) is 0 Å².